The van der Waals surface area contributed by atoms with Crippen LogP contribution in [0.4, 0.5) is 11.4 Å². The van der Waals surface area contributed by atoms with E-state index in [2.05, 4.69) is 15.6 Å². The maximum atomic E-state index is 12.3. The minimum Gasteiger partial charge on any atom is -0.493 e. The van der Waals surface area contributed by atoms with Crippen LogP contribution < -0.4 is 34.5 Å². The first-order chi connectivity index (χ1) is 15.1. The van der Waals surface area contributed by atoms with Gasteiger partial charge in [0, 0.05) is 38.0 Å². The molecule has 1 aliphatic rings. The highest BCUT2D eigenvalue weighted by molar-refractivity contribution is 5.97. The number of anilines is 2. The Balaban J connectivity index is 1.58. The van der Waals surface area contributed by atoms with Crippen molar-refractivity contribution in [3.05, 3.63) is 36.4 Å². The molecule has 1 aliphatic heterocycles. The number of hydrogen-bond donors (Lipinski definition) is 2. The summed E-state index contributed by atoms with van der Waals surface area (Å²) in [4.78, 5) is 18.3. The van der Waals surface area contributed by atoms with Crippen molar-refractivity contribution in [2.24, 2.45) is 4.99 Å². The second kappa shape index (κ2) is 10.4. The third kappa shape index (κ3) is 5.11. The number of hydrogen-bond acceptors (Lipinski definition) is 6. The highest BCUT2D eigenvalue weighted by Crippen LogP contribution is 2.39. The number of para-hydroxylation sites is 2. The van der Waals surface area contributed by atoms with Gasteiger partial charge in [-0.15, -0.1) is 0 Å². The third-order valence-corrected chi connectivity index (χ3v) is 4.81. The average Bonchev–Trinajstić information content (AvgIpc) is 2.81. The van der Waals surface area contributed by atoms with Crippen LogP contribution in [0.1, 0.15) is 6.42 Å². The van der Waals surface area contributed by atoms with E-state index < -0.39 is 0 Å². The van der Waals surface area contributed by atoms with Crippen molar-refractivity contribution >= 4 is 23.2 Å². The zero-order valence-electron chi connectivity index (χ0n) is 18.2. The van der Waals surface area contributed by atoms with Gasteiger partial charge in [-0.2, -0.15) is 0 Å². The minimum absolute atomic E-state index is 0.0429. The van der Waals surface area contributed by atoms with E-state index >= 15 is 0 Å². The van der Waals surface area contributed by atoms with Crippen LogP contribution in [0.15, 0.2) is 41.4 Å². The molecule has 0 unspecified atom stereocenters. The van der Waals surface area contributed by atoms with Crippen LogP contribution in [0, 0.1) is 0 Å². The summed E-state index contributed by atoms with van der Waals surface area (Å²) >= 11 is 0. The molecule has 1 amide bonds. The standard InChI is InChI=1S/C22H28N4O5/c1-23-22(25-15-12-18(28-2)21(30-4)19(13-15)29-3)24-10-7-11-26-16-8-5-6-9-17(16)31-14-20(26)27/h5-6,8-9,12-13H,7,10-11,14H2,1-4H3,(H2,23,24,25). The molecule has 9 nitrogen and oxygen atoms in total. The Morgan fingerprint density at radius 1 is 1.13 bits per heavy atom. The Kier molecular flexibility index (Phi) is 7.42. The average molecular weight is 428 g/mol. The van der Waals surface area contributed by atoms with Crippen molar-refractivity contribution in [3.8, 4) is 23.0 Å². The summed E-state index contributed by atoms with van der Waals surface area (Å²) in [5, 5.41) is 6.47. The van der Waals surface area contributed by atoms with Gasteiger partial charge >= 0.3 is 0 Å². The number of guanidine groups is 1. The van der Waals surface area contributed by atoms with Crippen LogP contribution in [-0.2, 0) is 4.79 Å². The van der Waals surface area contributed by atoms with Gasteiger partial charge in [-0.05, 0) is 18.6 Å². The second-order valence-corrected chi connectivity index (χ2v) is 6.69. The topological polar surface area (TPSA) is 93.7 Å². The van der Waals surface area contributed by atoms with Gasteiger partial charge in [-0.1, -0.05) is 12.1 Å². The van der Waals surface area contributed by atoms with Gasteiger partial charge in [-0.25, -0.2) is 0 Å². The summed E-state index contributed by atoms with van der Waals surface area (Å²) in [6.45, 7) is 1.26. The first-order valence-corrected chi connectivity index (χ1v) is 9.91. The molecule has 166 valence electrons. The molecular weight excluding hydrogens is 400 g/mol. The highest BCUT2D eigenvalue weighted by Gasteiger charge is 2.24. The zero-order chi connectivity index (χ0) is 22.2. The van der Waals surface area contributed by atoms with Crippen molar-refractivity contribution in [2.45, 2.75) is 6.42 Å². The molecule has 0 aliphatic carbocycles. The summed E-state index contributed by atoms with van der Waals surface area (Å²) in [7, 11) is 6.39. The fourth-order valence-electron chi connectivity index (χ4n) is 3.31. The molecule has 1 heterocycles. The number of rotatable bonds is 8. The van der Waals surface area contributed by atoms with E-state index in [1.807, 2.05) is 24.3 Å². The number of carbonyl (C=O) groups is 1. The molecule has 2 N–H and O–H groups in total. The van der Waals surface area contributed by atoms with Gasteiger partial charge in [0.05, 0.1) is 27.0 Å². The predicted molar refractivity (Wildman–Crippen MR) is 120 cm³/mol. The van der Waals surface area contributed by atoms with Crippen LogP contribution >= 0.6 is 0 Å². The summed E-state index contributed by atoms with van der Waals surface area (Å²) in [6, 6.07) is 11.2. The Hall–Kier alpha value is -3.62. The van der Waals surface area contributed by atoms with Crippen molar-refractivity contribution in [2.75, 3.05) is 58.3 Å². The van der Waals surface area contributed by atoms with Crippen LogP contribution in [0.3, 0.4) is 0 Å². The lowest BCUT2D eigenvalue weighted by molar-refractivity contribution is -0.121. The number of methoxy groups -OCH3 is 3. The second-order valence-electron chi connectivity index (χ2n) is 6.69. The van der Waals surface area contributed by atoms with E-state index in [0.29, 0.717) is 36.3 Å². The van der Waals surface area contributed by atoms with Crippen LogP contribution in [-0.4, -0.2) is 59.9 Å². The smallest absolute Gasteiger partial charge is 0.265 e. The lowest BCUT2D eigenvalue weighted by Crippen LogP contribution is -2.41. The number of ether oxygens (including phenoxy) is 4. The van der Waals surface area contributed by atoms with Crippen molar-refractivity contribution in [1.29, 1.82) is 0 Å². The molecule has 2 aromatic carbocycles. The molecule has 0 fully saturated rings. The summed E-state index contributed by atoms with van der Waals surface area (Å²) in [5.74, 6) is 2.89. The van der Waals surface area contributed by atoms with Crippen molar-refractivity contribution < 1.29 is 23.7 Å². The van der Waals surface area contributed by atoms with Crippen LogP contribution in [0.2, 0.25) is 0 Å². The monoisotopic (exact) mass is 428 g/mol. The first-order valence-electron chi connectivity index (χ1n) is 9.91. The van der Waals surface area contributed by atoms with Crippen LogP contribution in [0.5, 0.6) is 23.0 Å². The van der Waals surface area contributed by atoms with E-state index in [-0.39, 0.29) is 12.5 Å². The molecule has 3 rings (SSSR count). The number of aliphatic imine (C=N–C) groups is 1. The number of benzene rings is 2. The van der Waals surface area contributed by atoms with Crippen molar-refractivity contribution in [1.82, 2.24) is 5.32 Å². The minimum atomic E-state index is -0.0429. The normalized spacial score (nSPS) is 13.2. The van der Waals surface area contributed by atoms with E-state index in [1.54, 1.807) is 45.4 Å². The number of fused-ring (bicyclic) bond motifs is 1. The molecule has 0 bridgehead atoms. The Morgan fingerprint density at radius 2 is 1.84 bits per heavy atom. The van der Waals surface area contributed by atoms with E-state index in [4.69, 9.17) is 18.9 Å². The third-order valence-electron chi connectivity index (χ3n) is 4.81. The lowest BCUT2D eigenvalue weighted by atomic mass is 10.2. The van der Waals surface area contributed by atoms with Gasteiger partial charge in [0.2, 0.25) is 5.75 Å². The van der Waals surface area contributed by atoms with Gasteiger partial charge in [-0.3, -0.25) is 9.79 Å². The fourth-order valence-corrected chi connectivity index (χ4v) is 3.31. The van der Waals surface area contributed by atoms with Gasteiger partial charge in [0.15, 0.2) is 24.1 Å². The molecule has 0 atom stereocenters. The molecule has 31 heavy (non-hydrogen) atoms. The number of amides is 1. The molecule has 2 aromatic rings. The molecule has 9 heteroatoms. The molecule has 0 saturated heterocycles. The Labute approximate surface area is 182 Å². The van der Waals surface area contributed by atoms with E-state index in [0.717, 1.165) is 23.5 Å². The Bertz CT molecular complexity index is 922. The predicted octanol–water partition coefficient (Wildman–Crippen LogP) is 2.52. The fraction of sp³-hybridized carbons (Fsp3) is 0.364. The molecule has 0 aromatic heterocycles. The molecular formula is C22H28N4O5. The first kappa shape index (κ1) is 22.1. The summed E-state index contributed by atoms with van der Waals surface area (Å²) in [6.07, 6.45) is 0.732. The molecule has 0 radical (unpaired) electrons. The van der Waals surface area contributed by atoms with Gasteiger partial charge in [0.1, 0.15) is 5.75 Å². The highest BCUT2D eigenvalue weighted by atomic mass is 16.5. The molecule has 0 saturated carbocycles. The Morgan fingerprint density at radius 3 is 2.48 bits per heavy atom. The number of carbonyl (C=O) groups excluding carboxylic acids is 1. The van der Waals surface area contributed by atoms with Crippen LogP contribution in [0.25, 0.3) is 0 Å². The quantitative estimate of drug-likeness (QED) is 0.379. The summed E-state index contributed by atoms with van der Waals surface area (Å²) in [5.41, 5.74) is 1.54. The lowest BCUT2D eigenvalue weighted by Gasteiger charge is -2.29. The summed E-state index contributed by atoms with van der Waals surface area (Å²) < 4.78 is 21.6. The van der Waals surface area contributed by atoms with Gasteiger partial charge < -0.3 is 34.5 Å². The maximum absolute atomic E-state index is 12.3. The van der Waals surface area contributed by atoms with Crippen molar-refractivity contribution in [3.63, 3.8) is 0 Å². The SMILES string of the molecule is CN=C(NCCCN1C(=O)COc2ccccc21)Nc1cc(OC)c(OC)c(OC)c1. The van der Waals surface area contributed by atoms with Gasteiger partial charge in [0.25, 0.3) is 5.91 Å². The number of nitrogens with one attached hydrogen (secondary N) is 2. The maximum Gasteiger partial charge on any atom is 0.265 e. The van der Waals surface area contributed by atoms with E-state index in [1.165, 1.54) is 0 Å². The van der Waals surface area contributed by atoms with E-state index in [9.17, 15) is 4.79 Å². The largest absolute Gasteiger partial charge is 0.493 e. The number of nitrogens with zero attached hydrogens (tertiary/aromatic N) is 2. The molecule has 0 spiro atoms. The zero-order valence-corrected chi connectivity index (χ0v) is 18.2.